The van der Waals surface area contributed by atoms with Gasteiger partial charge in [-0.1, -0.05) is 15.9 Å². The van der Waals surface area contributed by atoms with Crippen molar-refractivity contribution in [3.05, 3.63) is 0 Å². The van der Waals surface area contributed by atoms with Gasteiger partial charge in [-0.15, -0.1) is 11.6 Å². The quantitative estimate of drug-likeness (QED) is 0.278. The summed E-state index contributed by atoms with van der Waals surface area (Å²) in [4.78, 5) is 0. The van der Waals surface area contributed by atoms with E-state index < -0.39 is 10.0 Å². The van der Waals surface area contributed by atoms with Crippen molar-refractivity contribution in [2.75, 3.05) is 24.4 Å². The third-order valence-corrected chi connectivity index (χ3v) is 2.83. The van der Waals surface area contributed by atoms with Crippen molar-refractivity contribution in [1.82, 2.24) is 0 Å². The largest absolute Gasteiger partial charge is 0.398 e. The molecule has 0 aromatic heterocycles. The van der Waals surface area contributed by atoms with Gasteiger partial charge in [0.05, 0.1) is 0 Å². The summed E-state index contributed by atoms with van der Waals surface area (Å²) < 4.78 is 16.0. The lowest BCUT2D eigenvalue weighted by Gasteiger charge is -2.16. The Morgan fingerprint density at radius 1 is 1.54 bits per heavy atom. The predicted molar refractivity (Wildman–Crippen MR) is 60.1 cm³/mol. The minimum Gasteiger partial charge on any atom is -0.398 e. The summed E-state index contributed by atoms with van der Waals surface area (Å²) in [6, 6.07) is 0. The Kier molecular flexibility index (Phi) is 11.7. The van der Waals surface area contributed by atoms with Crippen molar-refractivity contribution in [3.8, 4) is 0 Å². The molecule has 13 heavy (non-hydrogen) atoms. The zero-order chi connectivity index (χ0) is 9.94. The number of halogens is 2. The molecule has 6 heteroatoms. The molecule has 80 valence electrons. The Labute approximate surface area is 95.3 Å². The maximum Gasteiger partial charge on any atom is 0.306 e. The lowest BCUT2D eigenvalue weighted by molar-refractivity contribution is -0.0838. The van der Waals surface area contributed by atoms with Crippen LogP contribution in [-0.4, -0.2) is 40.7 Å². The molecule has 0 spiro atoms. The van der Waals surface area contributed by atoms with Crippen LogP contribution < -0.4 is 0 Å². The molecule has 0 aliphatic heterocycles. The van der Waals surface area contributed by atoms with Gasteiger partial charge in [0, 0.05) is 30.8 Å². The van der Waals surface area contributed by atoms with Crippen LogP contribution in [0, 0.1) is 0 Å². The third-order valence-electron chi connectivity index (χ3n) is 1.26. The van der Waals surface area contributed by atoms with Crippen molar-refractivity contribution < 1.29 is 13.6 Å². The number of hydrogen-bond donors (Lipinski definition) is 0. The summed E-state index contributed by atoms with van der Waals surface area (Å²) in [5.41, 5.74) is 0. The highest BCUT2D eigenvalue weighted by Gasteiger charge is 2.06. The van der Waals surface area contributed by atoms with Crippen LogP contribution in [0.15, 0.2) is 0 Å². The van der Waals surface area contributed by atoms with Crippen molar-refractivity contribution in [2.24, 2.45) is 0 Å². The fourth-order valence-corrected chi connectivity index (χ4v) is 2.17. The van der Waals surface area contributed by atoms with Crippen LogP contribution in [0.25, 0.3) is 0 Å². The van der Waals surface area contributed by atoms with Crippen molar-refractivity contribution >= 4 is 37.5 Å². The first-order valence-corrected chi connectivity index (χ1v) is 7.09. The lowest BCUT2D eigenvalue weighted by Crippen LogP contribution is -2.22. The average molecular weight is 292 g/mol. The Morgan fingerprint density at radius 2 is 2.31 bits per heavy atom. The number of alkyl halides is 2. The Bertz CT molecular complexity index is 104. The van der Waals surface area contributed by atoms with Gasteiger partial charge in [0.25, 0.3) is 0 Å². The van der Waals surface area contributed by atoms with Crippen molar-refractivity contribution in [1.29, 1.82) is 0 Å². The van der Waals surface area contributed by atoms with E-state index in [-0.39, 0.29) is 6.29 Å². The standard InChI is InChI=1S/C7H16BrClO3Si/c1-2-10-7(3-4-8)12-13-11-6-5-9/h7H,2-6,13H2,1H3. The Hall–Kier alpha value is 0.867. The van der Waals surface area contributed by atoms with Gasteiger partial charge in [0.2, 0.25) is 0 Å². The first kappa shape index (κ1) is 13.9. The van der Waals surface area contributed by atoms with E-state index >= 15 is 0 Å². The van der Waals surface area contributed by atoms with Gasteiger partial charge in [0.15, 0.2) is 0 Å². The number of ether oxygens (including phenoxy) is 1. The zero-order valence-electron chi connectivity index (χ0n) is 7.80. The Balaban J connectivity index is 3.33. The smallest absolute Gasteiger partial charge is 0.306 e. The van der Waals surface area contributed by atoms with Crippen LogP contribution in [0.5, 0.6) is 0 Å². The highest BCUT2D eigenvalue weighted by molar-refractivity contribution is 9.09. The SMILES string of the molecule is CCOC(CCBr)O[SiH2]OCCCl. The van der Waals surface area contributed by atoms with Crippen LogP contribution in [0.1, 0.15) is 13.3 Å². The first-order chi connectivity index (χ1) is 6.35. The molecule has 0 saturated carbocycles. The molecule has 0 rings (SSSR count). The van der Waals surface area contributed by atoms with Crippen LogP contribution in [-0.2, 0) is 13.6 Å². The molecule has 0 bridgehead atoms. The molecule has 1 unspecified atom stereocenters. The predicted octanol–water partition coefficient (Wildman–Crippen LogP) is 1.40. The van der Waals surface area contributed by atoms with Gasteiger partial charge in [0.1, 0.15) is 6.29 Å². The average Bonchev–Trinajstić information content (AvgIpc) is 2.13. The van der Waals surface area contributed by atoms with Gasteiger partial charge < -0.3 is 13.6 Å². The summed E-state index contributed by atoms with van der Waals surface area (Å²) in [6.07, 6.45) is 0.733. The van der Waals surface area contributed by atoms with Crippen molar-refractivity contribution in [2.45, 2.75) is 19.6 Å². The van der Waals surface area contributed by atoms with Crippen LogP contribution in [0.2, 0.25) is 0 Å². The minimum absolute atomic E-state index is 0.119. The molecular weight excluding hydrogens is 276 g/mol. The highest BCUT2D eigenvalue weighted by Crippen LogP contribution is 2.02. The van der Waals surface area contributed by atoms with E-state index in [9.17, 15) is 0 Å². The summed E-state index contributed by atoms with van der Waals surface area (Å²) >= 11 is 8.78. The normalized spacial score (nSPS) is 14.1. The van der Waals surface area contributed by atoms with Gasteiger partial charge in [-0.25, -0.2) is 0 Å². The maximum absolute atomic E-state index is 5.44. The summed E-state index contributed by atoms with van der Waals surface area (Å²) in [5.74, 6) is 0.522. The molecule has 0 N–H and O–H groups in total. The van der Waals surface area contributed by atoms with Crippen molar-refractivity contribution in [3.63, 3.8) is 0 Å². The molecular formula is C7H16BrClO3Si. The summed E-state index contributed by atoms with van der Waals surface area (Å²) in [7, 11) is -0.918. The van der Waals surface area contributed by atoms with E-state index in [1.807, 2.05) is 6.92 Å². The fraction of sp³-hybridized carbons (Fsp3) is 1.00. The van der Waals surface area contributed by atoms with Crippen LogP contribution in [0.4, 0.5) is 0 Å². The lowest BCUT2D eigenvalue weighted by atomic mass is 10.5. The van der Waals surface area contributed by atoms with Gasteiger partial charge in [-0.05, 0) is 6.92 Å². The molecule has 0 heterocycles. The summed E-state index contributed by atoms with van der Waals surface area (Å²) in [5, 5.41) is 0.877. The van der Waals surface area contributed by atoms with E-state index in [4.69, 9.17) is 25.2 Å². The second-order valence-electron chi connectivity index (χ2n) is 2.24. The molecule has 3 nitrogen and oxygen atoms in total. The molecule has 0 aromatic rings. The van der Waals surface area contributed by atoms with E-state index in [1.54, 1.807) is 0 Å². The molecule has 0 fully saturated rings. The topological polar surface area (TPSA) is 27.7 Å². The van der Waals surface area contributed by atoms with E-state index in [0.29, 0.717) is 19.1 Å². The molecule has 0 aliphatic carbocycles. The van der Waals surface area contributed by atoms with Gasteiger partial charge in [-0.2, -0.15) is 0 Å². The van der Waals surface area contributed by atoms with E-state index in [2.05, 4.69) is 15.9 Å². The zero-order valence-corrected chi connectivity index (χ0v) is 11.6. The second-order valence-corrected chi connectivity index (χ2v) is 4.39. The highest BCUT2D eigenvalue weighted by atomic mass is 79.9. The molecule has 0 aromatic carbocycles. The number of rotatable bonds is 9. The molecule has 0 saturated heterocycles. The second kappa shape index (κ2) is 10.9. The molecule has 0 aliphatic rings. The van der Waals surface area contributed by atoms with Crippen LogP contribution >= 0.6 is 27.5 Å². The molecule has 0 amide bonds. The van der Waals surface area contributed by atoms with E-state index in [0.717, 1.165) is 11.8 Å². The molecule has 0 radical (unpaired) electrons. The maximum atomic E-state index is 5.44. The molecule has 1 atom stereocenters. The number of hydrogen-bond acceptors (Lipinski definition) is 3. The van der Waals surface area contributed by atoms with Gasteiger partial charge in [-0.3, -0.25) is 0 Å². The fourth-order valence-electron chi connectivity index (χ4n) is 0.727. The monoisotopic (exact) mass is 290 g/mol. The minimum atomic E-state index is -0.918. The summed E-state index contributed by atoms with van der Waals surface area (Å²) in [6.45, 7) is 3.19. The van der Waals surface area contributed by atoms with E-state index in [1.165, 1.54) is 0 Å². The Morgan fingerprint density at radius 3 is 2.85 bits per heavy atom. The van der Waals surface area contributed by atoms with Crippen LogP contribution in [0.3, 0.4) is 0 Å². The first-order valence-electron chi connectivity index (χ1n) is 4.28. The van der Waals surface area contributed by atoms with Gasteiger partial charge >= 0.3 is 10.0 Å². The third kappa shape index (κ3) is 9.18.